The molecule has 1 fully saturated rings. The van der Waals surface area contributed by atoms with Crippen LogP contribution in [0.3, 0.4) is 0 Å². The van der Waals surface area contributed by atoms with E-state index in [1.807, 2.05) is 0 Å². The zero-order valence-electron chi connectivity index (χ0n) is 19.2. The van der Waals surface area contributed by atoms with Gasteiger partial charge in [0.2, 0.25) is 10.0 Å². The Hall–Kier alpha value is -3.61. The van der Waals surface area contributed by atoms with Crippen LogP contribution in [0.1, 0.15) is 40.7 Å². The second kappa shape index (κ2) is 9.94. The van der Waals surface area contributed by atoms with Crippen molar-refractivity contribution in [2.24, 2.45) is 0 Å². The summed E-state index contributed by atoms with van der Waals surface area (Å²) in [5.74, 6) is -1.57. The van der Waals surface area contributed by atoms with Crippen LogP contribution in [0.5, 0.6) is 0 Å². The molecule has 184 valence electrons. The Morgan fingerprint density at radius 2 is 1.54 bits per heavy atom. The van der Waals surface area contributed by atoms with Crippen molar-refractivity contribution >= 4 is 32.6 Å². The quantitative estimate of drug-likeness (QED) is 0.501. The molecule has 1 aromatic heterocycles. The molecule has 0 radical (unpaired) electrons. The number of aromatic nitrogens is 2. The van der Waals surface area contributed by atoms with E-state index in [1.165, 1.54) is 33.3 Å². The normalized spacial score (nSPS) is 14.7. The summed E-state index contributed by atoms with van der Waals surface area (Å²) < 4.78 is 33.9. The average Bonchev–Trinajstić information content (AvgIpc) is 2.87. The van der Waals surface area contributed by atoms with E-state index in [2.05, 4.69) is 16.0 Å². The molecular weight excluding hydrogens is 474 g/mol. The lowest BCUT2D eigenvalue weighted by atomic mass is 10.1. The first-order valence-electron chi connectivity index (χ1n) is 11.0. The lowest BCUT2D eigenvalue weighted by molar-refractivity contribution is 0.0729. The second-order valence-electron chi connectivity index (χ2n) is 8.16. The molecule has 2 heterocycles. The first-order chi connectivity index (χ1) is 16.7. The molecule has 1 aliphatic heterocycles. The van der Waals surface area contributed by atoms with Crippen LogP contribution in [-0.2, 0) is 14.8 Å². The fourth-order valence-corrected chi connectivity index (χ4v) is 5.37. The minimum atomic E-state index is -3.95. The summed E-state index contributed by atoms with van der Waals surface area (Å²) in [6.45, 7) is 4.42. The molecule has 1 saturated heterocycles. The third kappa shape index (κ3) is 4.81. The number of benzene rings is 2. The number of hydrazine groups is 1. The van der Waals surface area contributed by atoms with Gasteiger partial charge >= 0.3 is 0 Å². The molecule has 0 spiro atoms. The minimum Gasteiger partial charge on any atom is -0.379 e. The van der Waals surface area contributed by atoms with Gasteiger partial charge in [0.1, 0.15) is 0 Å². The first-order valence-corrected chi connectivity index (χ1v) is 12.4. The summed E-state index contributed by atoms with van der Waals surface area (Å²) in [4.78, 5) is 38.4. The van der Waals surface area contributed by atoms with E-state index in [-0.39, 0.29) is 54.1 Å². The van der Waals surface area contributed by atoms with Gasteiger partial charge in [-0.2, -0.15) is 9.40 Å². The highest BCUT2D eigenvalue weighted by atomic mass is 32.2. The highest BCUT2D eigenvalue weighted by Gasteiger charge is 2.30. The first kappa shape index (κ1) is 24.5. The van der Waals surface area contributed by atoms with Crippen LogP contribution in [0.15, 0.2) is 58.2 Å². The molecule has 2 aromatic carbocycles. The summed E-state index contributed by atoms with van der Waals surface area (Å²) in [5, 5.41) is 4.84. The van der Waals surface area contributed by atoms with Gasteiger partial charge in [-0.05, 0) is 32.0 Å². The Morgan fingerprint density at radius 1 is 0.943 bits per heavy atom. The number of nitrogens with zero attached hydrogens (tertiary/aromatic N) is 3. The Kier molecular flexibility index (Phi) is 6.96. The number of amides is 2. The molecule has 0 atom stereocenters. The summed E-state index contributed by atoms with van der Waals surface area (Å²) in [7, 11) is -3.95. The van der Waals surface area contributed by atoms with Crippen LogP contribution in [0, 0.1) is 0 Å². The number of fused-ring (bicyclic) bond motifs is 1. The van der Waals surface area contributed by atoms with Crippen molar-refractivity contribution in [3.63, 3.8) is 0 Å². The van der Waals surface area contributed by atoms with Crippen LogP contribution in [0.4, 0.5) is 0 Å². The van der Waals surface area contributed by atoms with Gasteiger partial charge in [-0.15, -0.1) is 0 Å². The van der Waals surface area contributed by atoms with Gasteiger partial charge in [0, 0.05) is 18.5 Å². The molecule has 11 nitrogen and oxygen atoms in total. The number of carbonyl (C=O) groups excluding carboxylic acids is 2. The topological polar surface area (TPSA) is 140 Å². The Labute approximate surface area is 201 Å². The summed E-state index contributed by atoms with van der Waals surface area (Å²) >= 11 is 0. The van der Waals surface area contributed by atoms with Gasteiger partial charge in [0.15, 0.2) is 5.69 Å². The number of sulfonamides is 1. The van der Waals surface area contributed by atoms with Crippen molar-refractivity contribution in [3.05, 3.63) is 70.1 Å². The average molecular weight is 500 g/mol. The number of ether oxygens (including phenoxy) is 1. The van der Waals surface area contributed by atoms with Crippen LogP contribution >= 0.6 is 0 Å². The van der Waals surface area contributed by atoms with E-state index in [0.717, 1.165) is 0 Å². The molecule has 35 heavy (non-hydrogen) atoms. The monoisotopic (exact) mass is 499 g/mol. The lowest BCUT2D eigenvalue weighted by Crippen LogP contribution is -2.44. The van der Waals surface area contributed by atoms with E-state index in [9.17, 15) is 22.8 Å². The van der Waals surface area contributed by atoms with Crippen molar-refractivity contribution in [3.8, 4) is 0 Å². The number of hydrogen-bond acceptors (Lipinski definition) is 7. The summed E-state index contributed by atoms with van der Waals surface area (Å²) in [6.07, 6.45) is 0. The van der Waals surface area contributed by atoms with Crippen molar-refractivity contribution in [1.29, 1.82) is 0 Å². The van der Waals surface area contributed by atoms with Crippen LogP contribution in [-0.4, -0.2) is 60.6 Å². The zero-order valence-corrected chi connectivity index (χ0v) is 20.0. The van der Waals surface area contributed by atoms with E-state index in [1.54, 1.807) is 38.1 Å². The van der Waals surface area contributed by atoms with E-state index in [4.69, 9.17) is 4.74 Å². The molecule has 0 bridgehead atoms. The molecule has 1 aliphatic rings. The summed E-state index contributed by atoms with van der Waals surface area (Å²) in [6, 6.07) is 12.0. The van der Waals surface area contributed by atoms with Crippen LogP contribution in [0.2, 0.25) is 0 Å². The van der Waals surface area contributed by atoms with E-state index >= 15 is 0 Å². The maximum Gasteiger partial charge on any atom is 0.290 e. The van der Waals surface area contributed by atoms with Gasteiger partial charge in [0.25, 0.3) is 17.4 Å². The molecule has 2 amide bonds. The van der Waals surface area contributed by atoms with Gasteiger partial charge in [-0.1, -0.05) is 30.3 Å². The molecule has 12 heteroatoms. The van der Waals surface area contributed by atoms with Gasteiger partial charge < -0.3 is 4.74 Å². The number of nitrogens with one attached hydrogen (secondary N) is 2. The highest BCUT2D eigenvalue weighted by Crippen LogP contribution is 2.21. The van der Waals surface area contributed by atoms with Crippen molar-refractivity contribution in [2.45, 2.75) is 24.8 Å². The number of morpholine rings is 1. The number of rotatable bonds is 5. The largest absolute Gasteiger partial charge is 0.379 e. The van der Waals surface area contributed by atoms with E-state index < -0.39 is 21.8 Å². The van der Waals surface area contributed by atoms with Crippen molar-refractivity contribution < 1.29 is 22.7 Å². The standard InChI is InChI=1S/C23H25N5O6S/c1-15(2)28-23(31)17-8-4-3-7-16(17)20(26-28)22(30)25-24-21(29)18-9-5-6-10-19(18)35(32,33)27-11-13-34-14-12-27/h3-10,15H,11-14H2,1-2H3,(H,24,29)(H,25,30). The molecule has 4 rings (SSSR count). The molecule has 0 aliphatic carbocycles. The molecule has 0 saturated carbocycles. The second-order valence-corrected chi connectivity index (χ2v) is 10.1. The van der Waals surface area contributed by atoms with Gasteiger partial charge in [-0.25, -0.2) is 13.1 Å². The van der Waals surface area contributed by atoms with Gasteiger partial charge in [-0.3, -0.25) is 25.2 Å². The lowest BCUT2D eigenvalue weighted by Gasteiger charge is -2.26. The fraction of sp³-hybridized carbons (Fsp3) is 0.304. The Balaban J connectivity index is 1.60. The maximum absolute atomic E-state index is 13.1. The smallest absolute Gasteiger partial charge is 0.290 e. The van der Waals surface area contributed by atoms with Crippen molar-refractivity contribution in [1.82, 2.24) is 24.9 Å². The van der Waals surface area contributed by atoms with Gasteiger partial charge in [0.05, 0.1) is 35.1 Å². The number of hydrogen-bond donors (Lipinski definition) is 2. The predicted molar refractivity (Wildman–Crippen MR) is 127 cm³/mol. The highest BCUT2D eigenvalue weighted by molar-refractivity contribution is 7.89. The molecule has 3 aromatic rings. The fourth-order valence-electron chi connectivity index (χ4n) is 3.77. The van der Waals surface area contributed by atoms with Crippen LogP contribution in [0.25, 0.3) is 10.8 Å². The Bertz CT molecular complexity index is 1440. The van der Waals surface area contributed by atoms with E-state index in [0.29, 0.717) is 10.8 Å². The molecular formula is C23H25N5O6S. The third-order valence-corrected chi connectivity index (χ3v) is 7.50. The Morgan fingerprint density at radius 3 is 2.23 bits per heavy atom. The van der Waals surface area contributed by atoms with Crippen LogP contribution < -0.4 is 16.4 Å². The maximum atomic E-state index is 13.1. The minimum absolute atomic E-state index is 0.0524. The van der Waals surface area contributed by atoms with Crippen molar-refractivity contribution in [2.75, 3.05) is 26.3 Å². The zero-order chi connectivity index (χ0) is 25.2. The molecule has 0 unspecified atom stereocenters. The SMILES string of the molecule is CC(C)n1nc(C(=O)NNC(=O)c2ccccc2S(=O)(=O)N2CCOCC2)c2ccccc2c1=O. The molecule has 2 N–H and O–H groups in total. The number of carbonyl (C=O) groups is 2. The predicted octanol–water partition coefficient (Wildman–Crippen LogP) is 1.07. The summed E-state index contributed by atoms with van der Waals surface area (Å²) in [5.41, 5.74) is 4.05. The third-order valence-electron chi connectivity index (χ3n) is 5.54.